The maximum atomic E-state index is 5.46. The lowest BCUT2D eigenvalue weighted by Crippen LogP contribution is -2.38. The fourth-order valence-corrected chi connectivity index (χ4v) is 4.25. The average Bonchev–Trinajstić information content (AvgIpc) is 2.86. The molecule has 1 aliphatic carbocycles. The molecule has 0 atom stereocenters. The van der Waals surface area contributed by atoms with Gasteiger partial charge in [-0.3, -0.25) is 4.57 Å². The van der Waals surface area contributed by atoms with E-state index in [-0.39, 0.29) is 0 Å². The van der Waals surface area contributed by atoms with Crippen LogP contribution in [0.1, 0.15) is 40.0 Å². The first kappa shape index (κ1) is 16.1. The predicted molar refractivity (Wildman–Crippen MR) is 90.6 cm³/mol. The molecule has 1 aliphatic heterocycles. The molecule has 1 aromatic rings. The van der Waals surface area contributed by atoms with Crippen LogP contribution in [-0.2, 0) is 11.3 Å². The zero-order valence-corrected chi connectivity index (χ0v) is 14.9. The van der Waals surface area contributed by atoms with Crippen LogP contribution in [0.2, 0.25) is 0 Å². The van der Waals surface area contributed by atoms with E-state index >= 15 is 0 Å². The molecule has 1 saturated heterocycles. The number of nitrogens with zero attached hydrogens (tertiary/aromatic N) is 4. The Balaban J connectivity index is 1.74. The lowest BCUT2D eigenvalue weighted by atomic mass is 9.72. The highest BCUT2D eigenvalue weighted by Gasteiger charge is 2.32. The molecule has 1 aromatic heterocycles. The molecule has 0 radical (unpaired) electrons. The second kappa shape index (κ2) is 6.79. The number of hydrogen-bond acceptors (Lipinski definition) is 5. The topological polar surface area (TPSA) is 43.2 Å². The molecule has 3 rings (SSSR count). The molecule has 124 valence electrons. The van der Waals surface area contributed by atoms with Gasteiger partial charge in [-0.2, -0.15) is 0 Å². The van der Waals surface area contributed by atoms with Crippen molar-refractivity contribution in [1.82, 2.24) is 14.8 Å². The van der Waals surface area contributed by atoms with Gasteiger partial charge >= 0.3 is 0 Å². The van der Waals surface area contributed by atoms with Crippen LogP contribution in [-0.4, -0.2) is 46.8 Å². The minimum Gasteiger partial charge on any atom is -0.378 e. The number of rotatable bonds is 6. The molecule has 0 amide bonds. The van der Waals surface area contributed by atoms with Crippen LogP contribution >= 0.6 is 11.8 Å². The first-order valence-electron chi connectivity index (χ1n) is 8.46. The van der Waals surface area contributed by atoms with Gasteiger partial charge in [0, 0.05) is 25.4 Å². The highest BCUT2D eigenvalue weighted by molar-refractivity contribution is 7.99. The van der Waals surface area contributed by atoms with Gasteiger partial charge in [-0.15, -0.1) is 10.2 Å². The number of aromatic nitrogens is 3. The van der Waals surface area contributed by atoms with E-state index in [1.54, 1.807) is 0 Å². The van der Waals surface area contributed by atoms with E-state index < -0.39 is 0 Å². The normalized spacial score (nSPS) is 21.2. The lowest BCUT2D eigenvalue weighted by Gasteiger charge is -2.37. The van der Waals surface area contributed by atoms with Crippen LogP contribution < -0.4 is 4.90 Å². The number of anilines is 1. The summed E-state index contributed by atoms with van der Waals surface area (Å²) in [7, 11) is 0. The third-order valence-corrected chi connectivity index (χ3v) is 6.05. The Morgan fingerprint density at radius 3 is 2.55 bits per heavy atom. The summed E-state index contributed by atoms with van der Waals surface area (Å²) in [6.45, 7) is 11.3. The van der Waals surface area contributed by atoms with Crippen molar-refractivity contribution in [3.05, 3.63) is 0 Å². The number of ether oxygens (including phenoxy) is 1. The minimum absolute atomic E-state index is 0.512. The largest absolute Gasteiger partial charge is 0.378 e. The van der Waals surface area contributed by atoms with Crippen molar-refractivity contribution in [2.24, 2.45) is 11.3 Å². The second-order valence-corrected chi connectivity index (χ2v) is 8.28. The molecule has 2 aliphatic rings. The molecular weight excluding hydrogens is 296 g/mol. The summed E-state index contributed by atoms with van der Waals surface area (Å²) in [5.74, 6) is 2.78. The maximum absolute atomic E-state index is 5.46. The van der Waals surface area contributed by atoms with Gasteiger partial charge in [-0.1, -0.05) is 39.0 Å². The highest BCUT2D eigenvalue weighted by atomic mass is 32.2. The van der Waals surface area contributed by atoms with Crippen molar-refractivity contribution in [3.63, 3.8) is 0 Å². The molecule has 0 spiro atoms. The molecule has 0 bridgehead atoms. The van der Waals surface area contributed by atoms with Gasteiger partial charge in [-0.25, -0.2) is 0 Å². The summed E-state index contributed by atoms with van der Waals surface area (Å²) in [5.41, 5.74) is 0.512. The van der Waals surface area contributed by atoms with Crippen molar-refractivity contribution in [2.75, 3.05) is 37.0 Å². The SMILES string of the molecule is CC(C)Cn1c(SCC2(C)CCC2)nnc1N1CCOCC1. The van der Waals surface area contributed by atoms with Crippen LogP contribution in [0.4, 0.5) is 5.95 Å². The number of hydrogen-bond donors (Lipinski definition) is 0. The van der Waals surface area contributed by atoms with E-state index in [1.165, 1.54) is 19.3 Å². The third-order valence-electron chi connectivity index (χ3n) is 4.65. The van der Waals surface area contributed by atoms with E-state index in [0.29, 0.717) is 11.3 Å². The standard InChI is InChI=1S/C16H28N4OS/c1-13(2)11-20-14(19-7-9-21-10-8-19)17-18-15(20)22-12-16(3)5-4-6-16/h13H,4-12H2,1-3H3. The molecule has 6 heteroatoms. The van der Waals surface area contributed by atoms with E-state index in [9.17, 15) is 0 Å². The van der Waals surface area contributed by atoms with Crippen molar-refractivity contribution in [1.29, 1.82) is 0 Å². The first-order valence-corrected chi connectivity index (χ1v) is 9.45. The van der Waals surface area contributed by atoms with Crippen LogP contribution in [0, 0.1) is 11.3 Å². The molecule has 22 heavy (non-hydrogen) atoms. The Morgan fingerprint density at radius 2 is 1.95 bits per heavy atom. The van der Waals surface area contributed by atoms with Gasteiger partial charge in [-0.05, 0) is 24.2 Å². The zero-order valence-electron chi connectivity index (χ0n) is 14.0. The van der Waals surface area contributed by atoms with E-state index in [2.05, 4.69) is 40.4 Å². The second-order valence-electron chi connectivity index (χ2n) is 7.34. The van der Waals surface area contributed by atoms with Crippen molar-refractivity contribution in [2.45, 2.75) is 51.7 Å². The van der Waals surface area contributed by atoms with E-state index in [4.69, 9.17) is 4.74 Å². The third kappa shape index (κ3) is 3.59. The summed E-state index contributed by atoms with van der Waals surface area (Å²) in [4.78, 5) is 2.31. The molecule has 0 unspecified atom stereocenters. The lowest BCUT2D eigenvalue weighted by molar-refractivity contribution is 0.121. The molecule has 2 heterocycles. The number of morpholine rings is 1. The Morgan fingerprint density at radius 1 is 1.23 bits per heavy atom. The number of thioether (sulfide) groups is 1. The zero-order chi connectivity index (χ0) is 15.6. The minimum atomic E-state index is 0.512. The molecule has 0 aromatic carbocycles. The molecule has 2 fully saturated rings. The van der Waals surface area contributed by atoms with Gasteiger partial charge < -0.3 is 9.64 Å². The molecule has 0 N–H and O–H groups in total. The van der Waals surface area contributed by atoms with E-state index in [1.807, 2.05) is 11.8 Å². The summed E-state index contributed by atoms with van der Waals surface area (Å²) < 4.78 is 7.78. The van der Waals surface area contributed by atoms with Crippen molar-refractivity contribution >= 4 is 17.7 Å². The monoisotopic (exact) mass is 324 g/mol. The van der Waals surface area contributed by atoms with Crippen LogP contribution in [0.5, 0.6) is 0 Å². The molecular formula is C16H28N4OS. The van der Waals surface area contributed by atoms with Gasteiger partial charge in [0.2, 0.25) is 5.95 Å². The fourth-order valence-electron chi connectivity index (χ4n) is 3.07. The van der Waals surface area contributed by atoms with Crippen LogP contribution in [0.15, 0.2) is 5.16 Å². The predicted octanol–water partition coefficient (Wildman–Crippen LogP) is 3.05. The maximum Gasteiger partial charge on any atom is 0.228 e. The quantitative estimate of drug-likeness (QED) is 0.753. The Labute approximate surface area is 137 Å². The Kier molecular flexibility index (Phi) is 4.97. The summed E-state index contributed by atoms with van der Waals surface area (Å²) in [6.07, 6.45) is 4.10. The van der Waals surface area contributed by atoms with Gasteiger partial charge in [0.15, 0.2) is 5.16 Å². The average molecular weight is 324 g/mol. The Bertz CT molecular complexity index is 492. The van der Waals surface area contributed by atoms with Gasteiger partial charge in [0.25, 0.3) is 0 Å². The van der Waals surface area contributed by atoms with Crippen molar-refractivity contribution in [3.8, 4) is 0 Å². The summed E-state index contributed by atoms with van der Waals surface area (Å²) >= 11 is 1.89. The molecule has 5 nitrogen and oxygen atoms in total. The first-order chi connectivity index (χ1) is 10.6. The Hall–Kier alpha value is -0.750. The van der Waals surface area contributed by atoms with Crippen LogP contribution in [0.3, 0.4) is 0 Å². The summed E-state index contributed by atoms with van der Waals surface area (Å²) in [5, 5.41) is 10.1. The van der Waals surface area contributed by atoms with E-state index in [0.717, 1.165) is 49.7 Å². The summed E-state index contributed by atoms with van der Waals surface area (Å²) in [6, 6.07) is 0. The smallest absolute Gasteiger partial charge is 0.228 e. The highest BCUT2D eigenvalue weighted by Crippen LogP contribution is 2.44. The fraction of sp³-hybridized carbons (Fsp3) is 0.875. The van der Waals surface area contributed by atoms with Crippen molar-refractivity contribution < 1.29 is 4.74 Å². The van der Waals surface area contributed by atoms with Gasteiger partial charge in [0.05, 0.1) is 13.2 Å². The van der Waals surface area contributed by atoms with Crippen LogP contribution in [0.25, 0.3) is 0 Å². The molecule has 1 saturated carbocycles. The van der Waals surface area contributed by atoms with Gasteiger partial charge in [0.1, 0.15) is 0 Å².